The Morgan fingerprint density at radius 1 is 1.12 bits per heavy atom. The smallest absolute Gasteiger partial charge is 0.254 e. The Hall–Kier alpha value is -2.28. The number of aromatic nitrogens is 4. The van der Waals surface area contributed by atoms with Crippen molar-refractivity contribution in [1.29, 1.82) is 0 Å². The highest BCUT2D eigenvalue weighted by atomic mass is 16.2. The van der Waals surface area contributed by atoms with Gasteiger partial charge in [-0.15, -0.1) is 5.10 Å². The first-order valence-electron chi connectivity index (χ1n) is 9.16. The third-order valence-corrected chi connectivity index (χ3v) is 5.55. The van der Waals surface area contributed by atoms with Crippen molar-refractivity contribution < 1.29 is 4.79 Å². The summed E-state index contributed by atoms with van der Waals surface area (Å²) in [6.07, 6.45) is 6.23. The fraction of sp³-hybridized carbons (Fsp3) is 0.556. The van der Waals surface area contributed by atoms with Gasteiger partial charge < -0.3 is 4.90 Å². The molecule has 7 nitrogen and oxygen atoms in total. The van der Waals surface area contributed by atoms with Crippen LogP contribution in [0.3, 0.4) is 0 Å². The van der Waals surface area contributed by atoms with E-state index in [9.17, 15) is 4.79 Å². The second kappa shape index (κ2) is 6.92. The molecule has 1 aromatic heterocycles. The van der Waals surface area contributed by atoms with Gasteiger partial charge >= 0.3 is 0 Å². The first-order valence-corrected chi connectivity index (χ1v) is 9.16. The molecule has 4 rings (SSSR count). The monoisotopic (exact) mass is 340 g/mol. The zero-order valence-corrected chi connectivity index (χ0v) is 14.6. The van der Waals surface area contributed by atoms with Gasteiger partial charge in [-0.1, -0.05) is 6.92 Å². The molecule has 0 saturated carbocycles. The minimum Gasteiger partial charge on any atom is -0.334 e. The number of likely N-dealkylation sites (N-methyl/N-ethyl adjacent to an activating group) is 1. The van der Waals surface area contributed by atoms with Crippen molar-refractivity contribution in [1.82, 2.24) is 30.0 Å². The molecule has 2 fully saturated rings. The van der Waals surface area contributed by atoms with Crippen molar-refractivity contribution in [3.05, 3.63) is 36.2 Å². The molecule has 0 spiro atoms. The van der Waals surface area contributed by atoms with Gasteiger partial charge in [0.05, 0.1) is 5.69 Å². The lowest BCUT2D eigenvalue weighted by Crippen LogP contribution is -2.48. The van der Waals surface area contributed by atoms with E-state index in [-0.39, 0.29) is 5.91 Å². The zero-order chi connectivity index (χ0) is 17.2. The molecule has 2 saturated heterocycles. The SMILES string of the molecule is CCN1CCCC1C1CCCN1C(=O)c1ccc(-n2cnnn2)cc1. The van der Waals surface area contributed by atoms with E-state index in [4.69, 9.17) is 0 Å². The van der Waals surface area contributed by atoms with Gasteiger partial charge in [-0.3, -0.25) is 9.69 Å². The summed E-state index contributed by atoms with van der Waals surface area (Å²) in [6, 6.07) is 8.42. The molecule has 0 radical (unpaired) electrons. The number of benzene rings is 1. The summed E-state index contributed by atoms with van der Waals surface area (Å²) in [5, 5.41) is 11.2. The third-order valence-electron chi connectivity index (χ3n) is 5.55. The molecule has 2 atom stereocenters. The highest BCUT2D eigenvalue weighted by molar-refractivity contribution is 5.94. The van der Waals surface area contributed by atoms with Crippen LogP contribution in [0.5, 0.6) is 0 Å². The third kappa shape index (κ3) is 3.04. The minimum atomic E-state index is 0.147. The Labute approximate surface area is 147 Å². The average Bonchev–Trinajstić information content (AvgIpc) is 3.41. The fourth-order valence-corrected chi connectivity index (χ4v) is 4.33. The Morgan fingerprint density at radius 2 is 1.88 bits per heavy atom. The molecule has 25 heavy (non-hydrogen) atoms. The summed E-state index contributed by atoms with van der Waals surface area (Å²) in [6.45, 7) is 5.33. The first kappa shape index (κ1) is 16.2. The van der Waals surface area contributed by atoms with Crippen molar-refractivity contribution in [2.75, 3.05) is 19.6 Å². The van der Waals surface area contributed by atoms with Gasteiger partial charge in [0.2, 0.25) is 0 Å². The van der Waals surface area contributed by atoms with Crippen LogP contribution in [0.1, 0.15) is 43.0 Å². The van der Waals surface area contributed by atoms with E-state index in [0.29, 0.717) is 12.1 Å². The van der Waals surface area contributed by atoms with Crippen LogP contribution < -0.4 is 0 Å². The molecule has 132 valence electrons. The van der Waals surface area contributed by atoms with Crippen LogP contribution >= 0.6 is 0 Å². The summed E-state index contributed by atoms with van der Waals surface area (Å²) < 4.78 is 1.59. The van der Waals surface area contributed by atoms with Crippen LogP contribution in [0.2, 0.25) is 0 Å². The van der Waals surface area contributed by atoms with Crippen LogP contribution in [0.4, 0.5) is 0 Å². The average molecular weight is 340 g/mol. The van der Waals surface area contributed by atoms with Gasteiger partial charge in [0, 0.05) is 24.2 Å². The van der Waals surface area contributed by atoms with Crippen molar-refractivity contribution in [2.24, 2.45) is 0 Å². The summed E-state index contributed by atoms with van der Waals surface area (Å²) in [7, 11) is 0. The van der Waals surface area contributed by atoms with Gasteiger partial charge in [-0.05, 0) is 73.5 Å². The predicted octanol–water partition coefficient (Wildman–Crippen LogP) is 1.75. The summed E-state index contributed by atoms with van der Waals surface area (Å²) in [5.41, 5.74) is 1.59. The molecule has 2 aliphatic rings. The predicted molar refractivity (Wildman–Crippen MR) is 93.5 cm³/mol. The maximum Gasteiger partial charge on any atom is 0.254 e. The highest BCUT2D eigenvalue weighted by Crippen LogP contribution is 2.30. The number of carbonyl (C=O) groups is 1. The maximum absolute atomic E-state index is 13.1. The number of tetrazole rings is 1. The highest BCUT2D eigenvalue weighted by Gasteiger charge is 2.39. The van der Waals surface area contributed by atoms with Gasteiger partial charge in [-0.2, -0.15) is 0 Å². The Balaban J connectivity index is 1.51. The van der Waals surface area contributed by atoms with Gasteiger partial charge in [-0.25, -0.2) is 4.68 Å². The standard InChI is InChI=1S/C18H24N6O/c1-2-22-11-3-5-16(22)17-6-4-12-23(17)18(25)14-7-9-15(10-8-14)24-13-19-20-21-24/h7-10,13,16-17H,2-6,11-12H2,1H3. The first-order chi connectivity index (χ1) is 12.3. The molecule has 3 heterocycles. The van der Waals surface area contributed by atoms with E-state index >= 15 is 0 Å². The van der Waals surface area contributed by atoms with E-state index in [1.54, 1.807) is 11.0 Å². The van der Waals surface area contributed by atoms with Crippen LogP contribution in [-0.2, 0) is 0 Å². The van der Waals surface area contributed by atoms with E-state index in [2.05, 4.69) is 32.2 Å². The van der Waals surface area contributed by atoms with Crippen LogP contribution in [-0.4, -0.2) is 67.6 Å². The molecule has 0 N–H and O–H groups in total. The molecule has 2 unspecified atom stereocenters. The lowest BCUT2D eigenvalue weighted by atomic mass is 10.0. The lowest BCUT2D eigenvalue weighted by molar-refractivity contribution is 0.0650. The number of hydrogen-bond acceptors (Lipinski definition) is 5. The van der Waals surface area contributed by atoms with E-state index in [0.717, 1.165) is 37.2 Å². The van der Waals surface area contributed by atoms with E-state index < -0.39 is 0 Å². The number of hydrogen-bond donors (Lipinski definition) is 0. The number of nitrogens with zero attached hydrogens (tertiary/aromatic N) is 6. The molecule has 0 bridgehead atoms. The second-order valence-electron chi connectivity index (χ2n) is 6.85. The van der Waals surface area contributed by atoms with Gasteiger partial charge in [0.15, 0.2) is 0 Å². The summed E-state index contributed by atoms with van der Waals surface area (Å²) in [5.74, 6) is 0.147. The number of rotatable bonds is 4. The van der Waals surface area contributed by atoms with Crippen molar-refractivity contribution in [3.63, 3.8) is 0 Å². The quantitative estimate of drug-likeness (QED) is 0.848. The fourth-order valence-electron chi connectivity index (χ4n) is 4.33. The van der Waals surface area contributed by atoms with Crippen molar-refractivity contribution in [2.45, 2.75) is 44.7 Å². The molecule has 0 aliphatic carbocycles. The molecular weight excluding hydrogens is 316 g/mol. The molecule has 2 aromatic rings. The normalized spacial score (nSPS) is 24.1. The largest absolute Gasteiger partial charge is 0.334 e. The zero-order valence-electron chi connectivity index (χ0n) is 14.6. The summed E-state index contributed by atoms with van der Waals surface area (Å²) >= 11 is 0. The van der Waals surface area contributed by atoms with E-state index in [1.807, 2.05) is 24.3 Å². The maximum atomic E-state index is 13.1. The minimum absolute atomic E-state index is 0.147. The number of likely N-dealkylation sites (tertiary alicyclic amines) is 2. The summed E-state index contributed by atoms with van der Waals surface area (Å²) in [4.78, 5) is 17.7. The van der Waals surface area contributed by atoms with Crippen molar-refractivity contribution >= 4 is 5.91 Å². The number of carbonyl (C=O) groups excluding carboxylic acids is 1. The molecule has 2 aliphatic heterocycles. The molecular formula is C18H24N6O. The molecule has 1 amide bonds. The topological polar surface area (TPSA) is 67.2 Å². The molecule has 1 aromatic carbocycles. The Morgan fingerprint density at radius 3 is 2.60 bits per heavy atom. The Bertz CT molecular complexity index is 714. The van der Waals surface area contributed by atoms with Gasteiger partial charge in [0.25, 0.3) is 5.91 Å². The Kier molecular flexibility index (Phi) is 4.48. The van der Waals surface area contributed by atoms with Gasteiger partial charge in [0.1, 0.15) is 6.33 Å². The molecule has 7 heteroatoms. The van der Waals surface area contributed by atoms with Crippen molar-refractivity contribution in [3.8, 4) is 5.69 Å². The van der Waals surface area contributed by atoms with Crippen LogP contribution in [0.25, 0.3) is 5.69 Å². The van der Waals surface area contributed by atoms with Crippen LogP contribution in [0.15, 0.2) is 30.6 Å². The second-order valence-corrected chi connectivity index (χ2v) is 6.85. The van der Waals surface area contributed by atoms with Crippen LogP contribution in [0, 0.1) is 0 Å². The number of amides is 1. The van der Waals surface area contributed by atoms with E-state index in [1.165, 1.54) is 19.4 Å². The lowest BCUT2D eigenvalue weighted by Gasteiger charge is -2.34.